The zero-order valence-electron chi connectivity index (χ0n) is 10.4. The van der Waals surface area contributed by atoms with Gasteiger partial charge >= 0.3 is 0 Å². The van der Waals surface area contributed by atoms with E-state index in [9.17, 15) is 14.9 Å². The summed E-state index contributed by atoms with van der Waals surface area (Å²) in [5.74, 6) is 0.340. The normalized spacial score (nSPS) is 10.7. The van der Waals surface area contributed by atoms with Gasteiger partial charge in [-0.2, -0.15) is 0 Å². The maximum Gasteiger partial charge on any atom is 0.288 e. The van der Waals surface area contributed by atoms with E-state index < -0.39 is 4.92 Å². The first-order valence-corrected chi connectivity index (χ1v) is 6.22. The maximum absolute atomic E-state index is 11.3. The zero-order valence-corrected chi connectivity index (χ0v) is 11.2. The van der Waals surface area contributed by atoms with Crippen LogP contribution in [0.25, 0.3) is 17.0 Å². The molecule has 0 radical (unpaired) electrons. The SMILES string of the molecule is O=Cc1c(-c2ccc(Cl)c([N+](=O)[O-])c2)nc2ncccn12. The number of nitrogens with zero attached hydrogens (tertiary/aromatic N) is 4. The molecule has 0 amide bonds. The van der Waals surface area contributed by atoms with Crippen LogP contribution in [0.15, 0.2) is 36.7 Å². The van der Waals surface area contributed by atoms with Gasteiger partial charge in [0.25, 0.3) is 5.69 Å². The molecular formula is C13H7ClN4O3. The predicted octanol–water partition coefficient (Wildman–Crippen LogP) is 2.77. The van der Waals surface area contributed by atoms with Crippen molar-refractivity contribution in [2.75, 3.05) is 0 Å². The number of nitro benzene ring substituents is 1. The number of carbonyl (C=O) groups is 1. The van der Waals surface area contributed by atoms with Crippen molar-refractivity contribution in [3.63, 3.8) is 0 Å². The molecule has 0 aliphatic rings. The van der Waals surface area contributed by atoms with Crippen LogP contribution in [0.3, 0.4) is 0 Å². The Labute approximate surface area is 123 Å². The van der Waals surface area contributed by atoms with Crippen molar-refractivity contribution in [3.8, 4) is 11.3 Å². The molecule has 3 aromatic rings. The van der Waals surface area contributed by atoms with Gasteiger partial charge in [0.15, 0.2) is 6.29 Å². The lowest BCUT2D eigenvalue weighted by molar-refractivity contribution is -0.384. The van der Waals surface area contributed by atoms with Crippen molar-refractivity contribution < 1.29 is 9.72 Å². The molecule has 7 nitrogen and oxygen atoms in total. The van der Waals surface area contributed by atoms with Gasteiger partial charge in [-0.25, -0.2) is 9.97 Å². The van der Waals surface area contributed by atoms with Crippen LogP contribution >= 0.6 is 11.6 Å². The smallest absolute Gasteiger partial charge is 0.288 e. The summed E-state index contributed by atoms with van der Waals surface area (Å²) in [5, 5.41) is 11.0. The topological polar surface area (TPSA) is 90.4 Å². The minimum absolute atomic E-state index is 0.0262. The van der Waals surface area contributed by atoms with Crippen LogP contribution in [-0.2, 0) is 0 Å². The number of hydrogen-bond acceptors (Lipinski definition) is 5. The molecule has 0 bridgehead atoms. The number of aldehydes is 1. The molecule has 104 valence electrons. The monoisotopic (exact) mass is 302 g/mol. The number of aromatic nitrogens is 3. The number of nitro groups is 1. The number of hydrogen-bond donors (Lipinski definition) is 0. The Hall–Kier alpha value is -2.80. The van der Waals surface area contributed by atoms with Crippen LogP contribution in [0.5, 0.6) is 0 Å². The van der Waals surface area contributed by atoms with E-state index >= 15 is 0 Å². The molecule has 0 N–H and O–H groups in total. The predicted molar refractivity (Wildman–Crippen MR) is 75.5 cm³/mol. The third-order valence-electron chi connectivity index (χ3n) is 2.97. The molecule has 8 heteroatoms. The number of carbonyl (C=O) groups excluding carboxylic acids is 1. The standard InChI is InChI=1S/C13H7ClN4O3/c14-9-3-2-8(6-10(9)18(20)21)12-11(7-19)17-5-1-4-15-13(17)16-12/h1-7H. The summed E-state index contributed by atoms with van der Waals surface area (Å²) in [6.45, 7) is 0. The van der Waals surface area contributed by atoms with Crippen molar-refractivity contribution in [1.29, 1.82) is 0 Å². The zero-order chi connectivity index (χ0) is 15.0. The molecule has 2 aromatic heterocycles. The summed E-state index contributed by atoms with van der Waals surface area (Å²) in [5.41, 5.74) is 0.785. The number of rotatable bonds is 3. The van der Waals surface area contributed by atoms with Crippen LogP contribution in [0.4, 0.5) is 5.69 Å². The van der Waals surface area contributed by atoms with Gasteiger partial charge in [-0.1, -0.05) is 17.7 Å². The maximum atomic E-state index is 11.3. The average Bonchev–Trinajstić information content (AvgIpc) is 2.85. The van der Waals surface area contributed by atoms with E-state index in [-0.39, 0.29) is 16.4 Å². The van der Waals surface area contributed by atoms with E-state index in [0.29, 0.717) is 23.3 Å². The molecule has 0 fully saturated rings. The molecule has 0 saturated heterocycles. The summed E-state index contributed by atoms with van der Waals surface area (Å²) in [4.78, 5) is 30.0. The van der Waals surface area contributed by atoms with Crippen LogP contribution in [0, 0.1) is 10.1 Å². The minimum Gasteiger partial charge on any atom is -0.296 e. The van der Waals surface area contributed by atoms with E-state index in [2.05, 4.69) is 9.97 Å². The van der Waals surface area contributed by atoms with Crippen molar-refractivity contribution in [1.82, 2.24) is 14.4 Å². The van der Waals surface area contributed by atoms with Gasteiger partial charge in [-0.3, -0.25) is 19.3 Å². The molecule has 0 aliphatic carbocycles. The van der Waals surface area contributed by atoms with Gasteiger partial charge < -0.3 is 0 Å². The fourth-order valence-corrected chi connectivity index (χ4v) is 2.22. The molecule has 3 rings (SSSR count). The van der Waals surface area contributed by atoms with E-state index in [4.69, 9.17) is 11.6 Å². The largest absolute Gasteiger partial charge is 0.296 e. The highest BCUT2D eigenvalue weighted by atomic mass is 35.5. The first-order valence-electron chi connectivity index (χ1n) is 5.84. The summed E-state index contributed by atoms with van der Waals surface area (Å²) in [7, 11) is 0. The van der Waals surface area contributed by atoms with E-state index in [1.54, 1.807) is 24.5 Å². The lowest BCUT2D eigenvalue weighted by Crippen LogP contribution is -1.94. The van der Waals surface area contributed by atoms with Crippen molar-refractivity contribution in [2.24, 2.45) is 0 Å². The van der Waals surface area contributed by atoms with Gasteiger partial charge in [0.2, 0.25) is 5.78 Å². The lowest BCUT2D eigenvalue weighted by Gasteiger charge is -2.00. The molecule has 1 aromatic carbocycles. The van der Waals surface area contributed by atoms with Crippen LogP contribution in [-0.4, -0.2) is 25.6 Å². The fraction of sp³-hybridized carbons (Fsp3) is 0. The summed E-state index contributed by atoms with van der Waals surface area (Å²) < 4.78 is 1.52. The highest BCUT2D eigenvalue weighted by Crippen LogP contribution is 2.31. The van der Waals surface area contributed by atoms with Gasteiger partial charge in [0.1, 0.15) is 16.4 Å². The summed E-state index contributed by atoms with van der Waals surface area (Å²) >= 11 is 5.78. The highest BCUT2D eigenvalue weighted by Gasteiger charge is 2.18. The first-order chi connectivity index (χ1) is 10.1. The fourth-order valence-electron chi connectivity index (χ4n) is 2.03. The van der Waals surface area contributed by atoms with E-state index in [1.165, 1.54) is 16.5 Å². The third kappa shape index (κ3) is 2.13. The van der Waals surface area contributed by atoms with Crippen molar-refractivity contribution in [3.05, 3.63) is 57.5 Å². The van der Waals surface area contributed by atoms with Crippen molar-refractivity contribution in [2.45, 2.75) is 0 Å². The number of fused-ring (bicyclic) bond motifs is 1. The molecular weight excluding hydrogens is 296 g/mol. The summed E-state index contributed by atoms with van der Waals surface area (Å²) in [6, 6.07) is 5.93. The van der Waals surface area contributed by atoms with Crippen LogP contribution in [0.2, 0.25) is 5.02 Å². The molecule has 2 heterocycles. The molecule has 0 spiro atoms. The van der Waals surface area contributed by atoms with Crippen molar-refractivity contribution >= 4 is 29.4 Å². The second-order valence-corrected chi connectivity index (χ2v) is 4.58. The number of halogens is 1. The first kappa shape index (κ1) is 13.2. The molecule has 0 unspecified atom stereocenters. The Morgan fingerprint density at radius 2 is 2.19 bits per heavy atom. The Morgan fingerprint density at radius 1 is 1.38 bits per heavy atom. The Balaban J connectivity index is 2.27. The lowest BCUT2D eigenvalue weighted by atomic mass is 10.1. The van der Waals surface area contributed by atoms with E-state index in [1.807, 2.05) is 0 Å². The van der Waals surface area contributed by atoms with Gasteiger partial charge in [-0.05, 0) is 12.1 Å². The Kier molecular flexibility index (Phi) is 3.11. The van der Waals surface area contributed by atoms with Crippen LogP contribution < -0.4 is 0 Å². The van der Waals surface area contributed by atoms with Gasteiger partial charge in [0, 0.05) is 24.0 Å². The van der Waals surface area contributed by atoms with Crippen LogP contribution in [0.1, 0.15) is 10.5 Å². The number of benzene rings is 1. The second-order valence-electron chi connectivity index (χ2n) is 4.18. The molecule has 0 saturated carbocycles. The average molecular weight is 303 g/mol. The minimum atomic E-state index is -0.583. The second kappa shape index (κ2) is 4.95. The quantitative estimate of drug-likeness (QED) is 0.421. The molecule has 0 atom stereocenters. The Morgan fingerprint density at radius 3 is 2.90 bits per heavy atom. The van der Waals surface area contributed by atoms with E-state index in [0.717, 1.165) is 0 Å². The van der Waals surface area contributed by atoms with Gasteiger partial charge in [0.05, 0.1) is 4.92 Å². The van der Waals surface area contributed by atoms with Gasteiger partial charge in [-0.15, -0.1) is 0 Å². The highest BCUT2D eigenvalue weighted by molar-refractivity contribution is 6.32. The molecule has 0 aliphatic heterocycles. The number of imidazole rings is 1. The third-order valence-corrected chi connectivity index (χ3v) is 3.29. The summed E-state index contributed by atoms with van der Waals surface area (Å²) in [6.07, 6.45) is 3.83. The molecule has 21 heavy (non-hydrogen) atoms. The Bertz CT molecular complexity index is 875.